The highest BCUT2D eigenvalue weighted by molar-refractivity contribution is 7.94. The minimum absolute atomic E-state index is 0.166. The van der Waals surface area contributed by atoms with E-state index in [1.165, 1.54) is 6.07 Å². The summed E-state index contributed by atoms with van der Waals surface area (Å²) in [6, 6.07) is 16.5. The molecule has 0 saturated heterocycles. The molecule has 2 N–H and O–H groups in total. The van der Waals surface area contributed by atoms with Crippen molar-refractivity contribution in [1.29, 1.82) is 0 Å². The lowest BCUT2D eigenvalue weighted by molar-refractivity contribution is 0.0784. The third-order valence-electron chi connectivity index (χ3n) is 4.35. The first kappa shape index (κ1) is 21.5. The lowest BCUT2D eigenvalue weighted by Gasteiger charge is -2.18. The predicted molar refractivity (Wildman–Crippen MR) is 117 cm³/mol. The van der Waals surface area contributed by atoms with Gasteiger partial charge in [0.15, 0.2) is 0 Å². The van der Waals surface area contributed by atoms with Crippen LogP contribution in [0.4, 0.5) is 5.69 Å². The third-order valence-corrected chi connectivity index (χ3v) is 7.13. The van der Waals surface area contributed by atoms with Crippen molar-refractivity contribution in [3.05, 3.63) is 82.7 Å². The zero-order chi connectivity index (χ0) is 21.7. The lowest BCUT2D eigenvalue weighted by atomic mass is 10.1. The van der Waals surface area contributed by atoms with E-state index in [-0.39, 0.29) is 16.0 Å². The Morgan fingerprint density at radius 3 is 2.17 bits per heavy atom. The summed E-state index contributed by atoms with van der Waals surface area (Å²) in [5.41, 5.74) is 2.26. The molecular weight excluding hydrogens is 422 g/mol. The summed E-state index contributed by atoms with van der Waals surface area (Å²) in [6.45, 7) is 0.375. The molecule has 9 heteroatoms. The van der Waals surface area contributed by atoms with E-state index >= 15 is 0 Å². The summed E-state index contributed by atoms with van der Waals surface area (Å²) in [5, 5.41) is 4.25. The van der Waals surface area contributed by atoms with Crippen LogP contribution in [0.3, 0.4) is 0 Å². The first-order valence-electron chi connectivity index (χ1n) is 9.03. The Kier molecular flexibility index (Phi) is 6.53. The van der Waals surface area contributed by atoms with Crippen LogP contribution in [0.1, 0.15) is 26.3 Å². The number of carbonyl (C=O) groups excluding carboxylic acids is 2. The minimum Gasteiger partial charge on any atom is -0.355 e. The van der Waals surface area contributed by atoms with Crippen LogP contribution in [0, 0.1) is 0 Å². The molecule has 3 rings (SSSR count). The van der Waals surface area contributed by atoms with E-state index in [0.29, 0.717) is 23.4 Å². The Labute approximate surface area is 179 Å². The molecule has 0 saturated carbocycles. The SMILES string of the molecule is CNC(=O)c1ccc(CN(C)C(=O)c2ccc(NS(=O)(=O)c3cccs3)cc2)cc1. The molecule has 0 radical (unpaired) electrons. The molecule has 30 heavy (non-hydrogen) atoms. The van der Waals surface area contributed by atoms with E-state index < -0.39 is 10.0 Å². The first-order chi connectivity index (χ1) is 14.3. The maximum Gasteiger partial charge on any atom is 0.271 e. The lowest BCUT2D eigenvalue weighted by Crippen LogP contribution is -2.26. The van der Waals surface area contributed by atoms with Crippen LogP contribution in [0.15, 0.2) is 70.3 Å². The Hall–Kier alpha value is -3.17. The van der Waals surface area contributed by atoms with Crippen molar-refractivity contribution < 1.29 is 18.0 Å². The number of benzene rings is 2. The highest BCUT2D eigenvalue weighted by atomic mass is 32.2. The first-order valence-corrected chi connectivity index (χ1v) is 11.4. The molecule has 0 atom stereocenters. The summed E-state index contributed by atoms with van der Waals surface area (Å²) in [7, 11) is -0.374. The fourth-order valence-electron chi connectivity index (χ4n) is 2.77. The number of rotatable bonds is 7. The van der Waals surface area contributed by atoms with Gasteiger partial charge in [-0.2, -0.15) is 0 Å². The van der Waals surface area contributed by atoms with Gasteiger partial charge in [0.05, 0.1) is 0 Å². The number of thiophene rings is 1. The van der Waals surface area contributed by atoms with E-state index in [1.807, 2.05) is 0 Å². The number of amides is 2. The molecule has 2 aromatic carbocycles. The van der Waals surface area contributed by atoms with Crippen LogP contribution in [-0.2, 0) is 16.6 Å². The Bertz CT molecular complexity index is 1120. The van der Waals surface area contributed by atoms with Crippen molar-refractivity contribution in [3.63, 3.8) is 0 Å². The van der Waals surface area contributed by atoms with Gasteiger partial charge in [0.1, 0.15) is 4.21 Å². The number of sulfonamides is 1. The average Bonchev–Trinajstić information content (AvgIpc) is 3.29. The number of nitrogens with zero attached hydrogens (tertiary/aromatic N) is 1. The van der Waals surface area contributed by atoms with Gasteiger partial charge in [0.2, 0.25) is 0 Å². The summed E-state index contributed by atoms with van der Waals surface area (Å²) < 4.78 is 27.3. The van der Waals surface area contributed by atoms with E-state index in [9.17, 15) is 18.0 Å². The van der Waals surface area contributed by atoms with Crippen LogP contribution in [-0.4, -0.2) is 39.2 Å². The molecule has 0 aliphatic heterocycles. The molecule has 0 bridgehead atoms. The van der Waals surface area contributed by atoms with E-state index in [2.05, 4.69) is 10.0 Å². The van der Waals surface area contributed by atoms with Crippen molar-refractivity contribution in [1.82, 2.24) is 10.2 Å². The molecule has 3 aromatic rings. The van der Waals surface area contributed by atoms with E-state index in [0.717, 1.165) is 16.9 Å². The largest absolute Gasteiger partial charge is 0.355 e. The topological polar surface area (TPSA) is 95.6 Å². The quantitative estimate of drug-likeness (QED) is 0.586. The van der Waals surface area contributed by atoms with E-state index in [4.69, 9.17) is 0 Å². The fraction of sp³-hybridized carbons (Fsp3) is 0.143. The van der Waals surface area contributed by atoms with Crippen molar-refractivity contribution in [2.24, 2.45) is 0 Å². The molecule has 7 nitrogen and oxygen atoms in total. The molecule has 1 heterocycles. The van der Waals surface area contributed by atoms with Gasteiger partial charge in [0, 0.05) is 37.5 Å². The van der Waals surface area contributed by atoms with Crippen molar-refractivity contribution in [2.75, 3.05) is 18.8 Å². The van der Waals surface area contributed by atoms with Crippen LogP contribution in [0.2, 0.25) is 0 Å². The summed E-state index contributed by atoms with van der Waals surface area (Å²) >= 11 is 1.13. The molecule has 0 aliphatic carbocycles. The molecule has 0 unspecified atom stereocenters. The number of hydrogen-bond acceptors (Lipinski definition) is 5. The molecule has 0 fully saturated rings. The van der Waals surface area contributed by atoms with Crippen molar-refractivity contribution in [2.45, 2.75) is 10.8 Å². The molecular formula is C21H21N3O4S2. The number of nitrogens with one attached hydrogen (secondary N) is 2. The Balaban J connectivity index is 1.64. The van der Waals surface area contributed by atoms with Gasteiger partial charge in [-0.1, -0.05) is 18.2 Å². The normalized spacial score (nSPS) is 11.0. The summed E-state index contributed by atoms with van der Waals surface area (Å²) in [5.74, 6) is -0.362. The van der Waals surface area contributed by atoms with Crippen LogP contribution >= 0.6 is 11.3 Å². The summed E-state index contributed by atoms with van der Waals surface area (Å²) in [4.78, 5) is 25.8. The molecule has 0 spiro atoms. The van der Waals surface area contributed by atoms with Gasteiger partial charge in [-0.05, 0) is 53.4 Å². The smallest absolute Gasteiger partial charge is 0.271 e. The van der Waals surface area contributed by atoms with Gasteiger partial charge in [-0.3, -0.25) is 14.3 Å². The number of hydrogen-bond donors (Lipinski definition) is 2. The highest BCUT2D eigenvalue weighted by Gasteiger charge is 2.16. The predicted octanol–water partition coefficient (Wildman–Crippen LogP) is 3.18. The fourth-order valence-corrected chi connectivity index (χ4v) is 4.83. The number of anilines is 1. The molecule has 0 aliphatic rings. The van der Waals surface area contributed by atoms with Crippen LogP contribution in [0.25, 0.3) is 0 Å². The van der Waals surface area contributed by atoms with Gasteiger partial charge < -0.3 is 10.2 Å². The zero-order valence-corrected chi connectivity index (χ0v) is 18.1. The van der Waals surface area contributed by atoms with Crippen LogP contribution in [0.5, 0.6) is 0 Å². The van der Waals surface area contributed by atoms with Crippen molar-refractivity contribution >= 4 is 38.9 Å². The average molecular weight is 444 g/mol. The van der Waals surface area contributed by atoms with E-state index in [1.54, 1.807) is 79.0 Å². The second-order valence-corrected chi connectivity index (χ2v) is 9.41. The van der Waals surface area contributed by atoms with Crippen LogP contribution < -0.4 is 10.0 Å². The number of carbonyl (C=O) groups is 2. The second kappa shape index (κ2) is 9.10. The molecule has 1 aromatic heterocycles. The van der Waals surface area contributed by atoms with Gasteiger partial charge >= 0.3 is 0 Å². The molecule has 156 valence electrons. The Morgan fingerprint density at radius 2 is 1.60 bits per heavy atom. The zero-order valence-electron chi connectivity index (χ0n) is 16.5. The Morgan fingerprint density at radius 1 is 0.967 bits per heavy atom. The van der Waals surface area contributed by atoms with Gasteiger partial charge in [-0.15, -0.1) is 11.3 Å². The van der Waals surface area contributed by atoms with Gasteiger partial charge in [-0.25, -0.2) is 8.42 Å². The maximum atomic E-state index is 12.7. The highest BCUT2D eigenvalue weighted by Crippen LogP contribution is 2.21. The summed E-state index contributed by atoms with van der Waals surface area (Å²) in [6.07, 6.45) is 0. The standard InChI is InChI=1S/C21H21N3O4S2/c1-22-20(25)16-7-5-15(6-8-16)14-24(2)21(26)17-9-11-18(12-10-17)23-30(27,28)19-4-3-13-29-19/h3-13,23H,14H2,1-2H3,(H,22,25). The van der Waals surface area contributed by atoms with Gasteiger partial charge in [0.25, 0.3) is 21.8 Å². The minimum atomic E-state index is -3.63. The second-order valence-electron chi connectivity index (χ2n) is 6.55. The maximum absolute atomic E-state index is 12.7. The monoisotopic (exact) mass is 443 g/mol. The molecule has 2 amide bonds. The van der Waals surface area contributed by atoms with Crippen molar-refractivity contribution in [3.8, 4) is 0 Å². The third kappa shape index (κ3) is 5.05.